The summed E-state index contributed by atoms with van der Waals surface area (Å²) in [6, 6.07) is 11.4. The summed E-state index contributed by atoms with van der Waals surface area (Å²) in [6.45, 7) is 2.96. The Morgan fingerprint density at radius 3 is 2.74 bits per heavy atom. The van der Waals surface area contributed by atoms with Gasteiger partial charge in [-0.1, -0.05) is 6.07 Å². The third kappa shape index (κ3) is 4.77. The van der Waals surface area contributed by atoms with Gasteiger partial charge in [0.05, 0.1) is 23.6 Å². The summed E-state index contributed by atoms with van der Waals surface area (Å²) < 4.78 is 5.99. The van der Waals surface area contributed by atoms with Crippen LogP contribution in [0.5, 0.6) is 5.75 Å². The van der Waals surface area contributed by atoms with Gasteiger partial charge < -0.3 is 25.1 Å². The molecule has 0 radical (unpaired) electrons. The number of carboxylic acids is 1. The molecule has 0 fully saturated rings. The summed E-state index contributed by atoms with van der Waals surface area (Å²) in [6.07, 6.45) is 2.57. The summed E-state index contributed by atoms with van der Waals surface area (Å²) in [5.74, 6) is 1.55. The van der Waals surface area contributed by atoms with Crippen LogP contribution in [0.3, 0.4) is 0 Å². The van der Waals surface area contributed by atoms with Crippen LogP contribution in [0.1, 0.15) is 39.1 Å². The molecule has 3 aromatic rings. The van der Waals surface area contributed by atoms with Gasteiger partial charge in [-0.15, -0.1) is 0 Å². The molecule has 0 spiro atoms. The predicted molar refractivity (Wildman–Crippen MR) is 136 cm³/mol. The normalized spacial score (nSPS) is 18.9. The van der Waals surface area contributed by atoms with Gasteiger partial charge in [0, 0.05) is 44.2 Å². The zero-order valence-corrected chi connectivity index (χ0v) is 20.2. The maximum absolute atomic E-state index is 11.4. The van der Waals surface area contributed by atoms with Crippen LogP contribution in [-0.4, -0.2) is 79.5 Å². The van der Waals surface area contributed by atoms with Crippen molar-refractivity contribution in [2.24, 2.45) is 5.10 Å². The number of rotatable bonds is 7. The zero-order valence-electron chi connectivity index (χ0n) is 20.2. The fourth-order valence-corrected chi connectivity index (χ4v) is 4.55. The number of nitrogens with zero attached hydrogens (tertiary/aromatic N) is 5. The molecule has 0 saturated carbocycles. The van der Waals surface area contributed by atoms with E-state index in [0.717, 1.165) is 47.7 Å². The Labute approximate surface area is 204 Å². The van der Waals surface area contributed by atoms with Crippen LogP contribution in [-0.2, 0) is 6.42 Å². The van der Waals surface area contributed by atoms with Crippen molar-refractivity contribution in [3.63, 3.8) is 0 Å². The lowest BCUT2D eigenvalue weighted by Gasteiger charge is -2.27. The number of hydrogen-bond donors (Lipinski definition) is 2. The quantitative estimate of drug-likeness (QED) is 0.539. The van der Waals surface area contributed by atoms with Crippen LogP contribution >= 0.6 is 0 Å². The molecule has 2 N–H and O–H groups in total. The SMILES string of the molecule is CN(C)CCN(C)c1nc(C2COc3ccc(C(=O)O)cc3C2)nc2ccc(C3C=NNC3)cc12. The van der Waals surface area contributed by atoms with Gasteiger partial charge in [0.25, 0.3) is 0 Å². The van der Waals surface area contributed by atoms with E-state index in [1.165, 1.54) is 5.56 Å². The van der Waals surface area contributed by atoms with Gasteiger partial charge >= 0.3 is 5.97 Å². The molecule has 2 atom stereocenters. The highest BCUT2D eigenvalue weighted by Gasteiger charge is 2.27. The number of carbonyl (C=O) groups is 1. The molecular formula is C26H30N6O3. The smallest absolute Gasteiger partial charge is 0.335 e. The lowest BCUT2D eigenvalue weighted by molar-refractivity contribution is 0.0696. The largest absolute Gasteiger partial charge is 0.493 e. The lowest BCUT2D eigenvalue weighted by Crippen LogP contribution is -2.30. The number of anilines is 1. The number of fused-ring (bicyclic) bond motifs is 2. The molecule has 35 heavy (non-hydrogen) atoms. The fraction of sp³-hybridized carbons (Fsp3) is 0.385. The monoisotopic (exact) mass is 474 g/mol. The number of likely N-dealkylation sites (N-methyl/N-ethyl adjacent to an activating group) is 2. The van der Waals surface area contributed by atoms with Gasteiger partial charge in [-0.05, 0) is 62.0 Å². The Morgan fingerprint density at radius 1 is 1.14 bits per heavy atom. The Hall–Kier alpha value is -3.72. The van der Waals surface area contributed by atoms with E-state index in [4.69, 9.17) is 14.7 Å². The molecule has 0 bridgehead atoms. The molecule has 2 aliphatic heterocycles. The van der Waals surface area contributed by atoms with Gasteiger partial charge in [0.1, 0.15) is 17.4 Å². The first-order chi connectivity index (χ1) is 16.9. The van der Waals surface area contributed by atoms with Gasteiger partial charge in [0.2, 0.25) is 0 Å². The lowest BCUT2D eigenvalue weighted by atomic mass is 9.94. The molecule has 2 aliphatic rings. The second kappa shape index (κ2) is 9.50. The number of aromatic carboxylic acids is 1. The van der Waals surface area contributed by atoms with E-state index in [1.807, 2.05) is 6.21 Å². The molecule has 0 saturated heterocycles. The van der Waals surface area contributed by atoms with Gasteiger partial charge in [-0.2, -0.15) is 5.10 Å². The maximum Gasteiger partial charge on any atom is 0.335 e. The van der Waals surface area contributed by atoms with E-state index in [-0.39, 0.29) is 17.4 Å². The number of ether oxygens (including phenoxy) is 1. The maximum atomic E-state index is 11.4. The van der Waals surface area contributed by atoms with Crippen molar-refractivity contribution in [1.82, 2.24) is 20.3 Å². The molecule has 9 nitrogen and oxygen atoms in total. The predicted octanol–water partition coefficient (Wildman–Crippen LogP) is 2.72. The summed E-state index contributed by atoms with van der Waals surface area (Å²) in [4.78, 5) is 25.8. The third-order valence-electron chi connectivity index (χ3n) is 6.63. The second-order valence-corrected chi connectivity index (χ2v) is 9.49. The first kappa shape index (κ1) is 23.0. The average molecular weight is 475 g/mol. The van der Waals surface area contributed by atoms with E-state index in [0.29, 0.717) is 18.9 Å². The molecule has 1 aromatic heterocycles. The Balaban J connectivity index is 1.53. The topological polar surface area (TPSA) is 103 Å². The summed E-state index contributed by atoms with van der Waals surface area (Å²) in [7, 11) is 6.18. The van der Waals surface area contributed by atoms with Crippen molar-refractivity contribution in [2.45, 2.75) is 18.3 Å². The average Bonchev–Trinajstić information content (AvgIpc) is 3.40. The van der Waals surface area contributed by atoms with Crippen LogP contribution in [0, 0.1) is 0 Å². The standard InChI is InChI=1S/C26H30N6O3/c1-31(2)8-9-32(3)25-21-12-16(20-13-27-28-14-20)4-6-22(21)29-24(30-25)19-11-18-10-17(26(33)34)5-7-23(18)35-15-19/h4-7,10,12-13,19-20,28H,8-9,11,14-15H2,1-3H3,(H,33,34). The van der Waals surface area contributed by atoms with Crippen LogP contribution in [0.2, 0.25) is 0 Å². The minimum absolute atomic E-state index is 0.0669. The number of benzene rings is 2. The number of aromatic nitrogens is 2. The number of hydrazone groups is 1. The molecule has 3 heterocycles. The molecule has 0 aliphatic carbocycles. The molecule has 9 heteroatoms. The van der Waals surface area contributed by atoms with Crippen molar-refractivity contribution < 1.29 is 14.6 Å². The highest BCUT2D eigenvalue weighted by Crippen LogP contribution is 2.34. The minimum atomic E-state index is -0.944. The highest BCUT2D eigenvalue weighted by molar-refractivity contribution is 5.91. The first-order valence-corrected chi connectivity index (χ1v) is 11.8. The van der Waals surface area contributed by atoms with Crippen molar-refractivity contribution in [2.75, 3.05) is 52.3 Å². The highest BCUT2D eigenvalue weighted by atomic mass is 16.5. The molecule has 0 amide bonds. The Kier molecular flexibility index (Phi) is 6.25. The van der Waals surface area contributed by atoms with Crippen LogP contribution in [0.15, 0.2) is 41.5 Å². The van der Waals surface area contributed by atoms with E-state index in [2.05, 4.69) is 59.7 Å². The summed E-state index contributed by atoms with van der Waals surface area (Å²) in [5, 5.41) is 14.6. The number of hydrogen-bond acceptors (Lipinski definition) is 8. The van der Waals surface area contributed by atoms with Gasteiger partial charge in [0.15, 0.2) is 0 Å². The Bertz CT molecular complexity index is 1290. The van der Waals surface area contributed by atoms with Crippen molar-refractivity contribution in [3.8, 4) is 5.75 Å². The first-order valence-electron chi connectivity index (χ1n) is 11.8. The summed E-state index contributed by atoms with van der Waals surface area (Å²) >= 11 is 0. The summed E-state index contributed by atoms with van der Waals surface area (Å²) in [5.41, 5.74) is 6.23. The molecule has 2 unspecified atom stereocenters. The molecule has 182 valence electrons. The second-order valence-electron chi connectivity index (χ2n) is 9.49. The van der Waals surface area contributed by atoms with Crippen molar-refractivity contribution in [1.29, 1.82) is 0 Å². The van der Waals surface area contributed by atoms with E-state index in [1.54, 1.807) is 18.2 Å². The fourth-order valence-electron chi connectivity index (χ4n) is 4.55. The Morgan fingerprint density at radius 2 is 2.00 bits per heavy atom. The van der Waals surface area contributed by atoms with Crippen LogP contribution in [0.4, 0.5) is 5.82 Å². The van der Waals surface area contributed by atoms with Gasteiger partial charge in [-0.25, -0.2) is 14.8 Å². The van der Waals surface area contributed by atoms with E-state index in [9.17, 15) is 9.90 Å². The zero-order chi connectivity index (χ0) is 24.5. The molecule has 2 aromatic carbocycles. The van der Waals surface area contributed by atoms with Gasteiger partial charge in [-0.3, -0.25) is 0 Å². The molecule has 5 rings (SSSR count). The van der Waals surface area contributed by atoms with Crippen LogP contribution < -0.4 is 15.1 Å². The number of nitrogens with one attached hydrogen (secondary N) is 1. The van der Waals surface area contributed by atoms with E-state index >= 15 is 0 Å². The van der Waals surface area contributed by atoms with E-state index < -0.39 is 5.97 Å². The van der Waals surface area contributed by atoms with Crippen molar-refractivity contribution >= 4 is 28.9 Å². The van der Waals surface area contributed by atoms with Crippen molar-refractivity contribution in [3.05, 3.63) is 58.9 Å². The minimum Gasteiger partial charge on any atom is -0.493 e. The van der Waals surface area contributed by atoms with Crippen LogP contribution in [0.25, 0.3) is 10.9 Å². The molecular weight excluding hydrogens is 444 g/mol. The number of carboxylic acid groups (broad SMARTS) is 1. The third-order valence-corrected chi connectivity index (χ3v) is 6.63.